The predicted octanol–water partition coefficient (Wildman–Crippen LogP) is 5.53. The van der Waals surface area contributed by atoms with Crippen LogP contribution in [0, 0.1) is 12.7 Å². The Morgan fingerprint density at radius 1 is 0.955 bits per heavy atom. The molecule has 0 aliphatic carbocycles. The van der Waals surface area contributed by atoms with E-state index in [1.165, 1.54) is 39.8 Å². The van der Waals surface area contributed by atoms with Gasteiger partial charge in [-0.25, -0.2) is 14.0 Å². The summed E-state index contributed by atoms with van der Waals surface area (Å²) in [4.78, 5) is 52.9. The molecule has 0 saturated heterocycles. The van der Waals surface area contributed by atoms with Gasteiger partial charge in [0.15, 0.2) is 5.78 Å². The topological polar surface area (TPSA) is 132 Å². The van der Waals surface area contributed by atoms with Crippen LogP contribution in [-0.4, -0.2) is 44.1 Å². The first-order chi connectivity index (χ1) is 20.7. The molecule has 9 nitrogen and oxygen atoms in total. The zero-order valence-electron chi connectivity index (χ0n) is 24.9. The highest BCUT2D eigenvalue weighted by Gasteiger charge is 2.33. The minimum atomic E-state index is -1.22. The highest BCUT2D eigenvalue weighted by Crippen LogP contribution is 2.23. The van der Waals surface area contributed by atoms with Crippen LogP contribution >= 0.6 is 0 Å². The number of halogens is 1. The number of nitrogens with zero attached hydrogens (tertiary/aromatic N) is 2. The molecule has 0 aliphatic rings. The van der Waals surface area contributed by atoms with Crippen molar-refractivity contribution in [2.24, 2.45) is 0 Å². The first kappa shape index (κ1) is 31.7. The van der Waals surface area contributed by atoms with Crippen LogP contribution in [0.2, 0.25) is 0 Å². The van der Waals surface area contributed by atoms with Gasteiger partial charge in [-0.05, 0) is 80.8 Å². The second kappa shape index (κ2) is 12.9. The number of aryl methyl sites for hydroxylation is 1. The first-order valence-electron chi connectivity index (χ1n) is 13.9. The quantitative estimate of drug-likeness (QED) is 0.242. The lowest BCUT2D eigenvalue weighted by Gasteiger charge is -2.31. The van der Waals surface area contributed by atoms with Crippen molar-refractivity contribution in [2.45, 2.75) is 52.3 Å². The number of carboxylic acid groups (broad SMARTS) is 1. The van der Waals surface area contributed by atoms with E-state index >= 15 is 0 Å². The maximum atomic E-state index is 13.8. The Balaban J connectivity index is 1.66. The van der Waals surface area contributed by atoms with Gasteiger partial charge in [0.2, 0.25) is 0 Å². The van der Waals surface area contributed by atoms with E-state index < -0.39 is 40.9 Å². The molecule has 1 amide bonds. The maximum absolute atomic E-state index is 13.8. The van der Waals surface area contributed by atoms with Crippen molar-refractivity contribution in [3.05, 3.63) is 129 Å². The number of benzene rings is 3. The number of rotatable bonds is 9. The fourth-order valence-electron chi connectivity index (χ4n) is 4.69. The smallest absolute Gasteiger partial charge is 0.411 e. The van der Waals surface area contributed by atoms with Crippen LogP contribution in [0.3, 0.4) is 0 Å². The van der Waals surface area contributed by atoms with Crippen LogP contribution in [0.15, 0.2) is 89.7 Å². The molecule has 0 aliphatic heterocycles. The number of pyridine rings is 1. The third kappa shape index (κ3) is 7.38. The Hall–Kier alpha value is -5.25. The monoisotopic (exact) mass is 599 g/mol. The Bertz CT molecular complexity index is 1740. The van der Waals surface area contributed by atoms with Gasteiger partial charge in [-0.3, -0.25) is 19.1 Å². The fourth-order valence-corrected chi connectivity index (χ4v) is 4.69. The summed E-state index contributed by atoms with van der Waals surface area (Å²) in [5, 5.41) is 10.1. The lowest BCUT2D eigenvalue weighted by atomic mass is 10.0. The van der Waals surface area contributed by atoms with Crippen molar-refractivity contribution in [3.63, 3.8) is 0 Å². The molecule has 44 heavy (non-hydrogen) atoms. The number of carboxylic acids is 1. The molecule has 0 bridgehead atoms. The molecular weight excluding hydrogens is 565 g/mol. The molecule has 1 unspecified atom stereocenters. The summed E-state index contributed by atoms with van der Waals surface area (Å²) in [5.74, 6) is -2.20. The number of ether oxygens (including phenoxy) is 1. The van der Waals surface area contributed by atoms with Crippen molar-refractivity contribution in [3.8, 4) is 5.69 Å². The normalized spacial score (nSPS) is 11.9. The molecule has 0 spiro atoms. The first-order valence-corrected chi connectivity index (χ1v) is 13.9. The molecule has 1 atom stereocenters. The lowest BCUT2D eigenvalue weighted by Crippen LogP contribution is -2.47. The van der Waals surface area contributed by atoms with Crippen LogP contribution in [0.1, 0.15) is 53.4 Å². The van der Waals surface area contributed by atoms with Gasteiger partial charge in [0, 0.05) is 24.6 Å². The van der Waals surface area contributed by atoms with Crippen LogP contribution in [-0.2, 0) is 22.5 Å². The molecule has 0 fully saturated rings. The Kier molecular flexibility index (Phi) is 9.32. The van der Waals surface area contributed by atoms with E-state index in [-0.39, 0.29) is 29.9 Å². The molecule has 3 aromatic carbocycles. The zero-order valence-corrected chi connectivity index (χ0v) is 24.9. The molecule has 1 heterocycles. The Labute approximate surface area is 254 Å². The number of anilines is 1. The molecule has 10 heteroatoms. The van der Waals surface area contributed by atoms with Gasteiger partial charge < -0.3 is 15.6 Å². The Morgan fingerprint density at radius 3 is 2.20 bits per heavy atom. The van der Waals surface area contributed by atoms with E-state index in [2.05, 4.69) is 0 Å². The third-order valence-corrected chi connectivity index (χ3v) is 6.90. The summed E-state index contributed by atoms with van der Waals surface area (Å²) in [6.07, 6.45) is -0.721. The van der Waals surface area contributed by atoms with Gasteiger partial charge in [0.05, 0.1) is 11.3 Å². The van der Waals surface area contributed by atoms with E-state index in [0.29, 0.717) is 16.8 Å². The molecule has 228 valence electrons. The summed E-state index contributed by atoms with van der Waals surface area (Å²) in [7, 11) is 0. The van der Waals surface area contributed by atoms with Crippen LogP contribution < -0.4 is 11.3 Å². The number of aliphatic carboxylic acids is 1. The number of aromatic nitrogens is 1. The van der Waals surface area contributed by atoms with Gasteiger partial charge in [0.25, 0.3) is 5.56 Å². The fraction of sp³-hybridized carbons (Fsp3) is 0.235. The highest BCUT2D eigenvalue weighted by atomic mass is 19.1. The molecule has 0 radical (unpaired) electrons. The standard InChI is InChI=1S/C34H34FN3O6/c1-21-18-24(12-16-27(21)35)30(40)26-15-17-29(39)38(31(26)36)25-13-10-23(11-14-25)20-37(33(43)44-34(2,3)4)28(32(41)42)19-22-8-6-5-7-9-22/h5-18,28H,19-20,36H2,1-4H3,(H,41,42). The average molecular weight is 600 g/mol. The minimum Gasteiger partial charge on any atom is -0.480 e. The number of hydrogen-bond donors (Lipinski definition) is 2. The van der Waals surface area contributed by atoms with Crippen LogP contribution in [0.25, 0.3) is 5.69 Å². The average Bonchev–Trinajstić information content (AvgIpc) is 2.96. The summed E-state index contributed by atoms with van der Waals surface area (Å²) < 4.78 is 20.5. The minimum absolute atomic E-state index is 0.0633. The van der Waals surface area contributed by atoms with Crippen molar-refractivity contribution in [2.75, 3.05) is 5.73 Å². The Morgan fingerprint density at radius 2 is 1.61 bits per heavy atom. The van der Waals surface area contributed by atoms with Crippen molar-refractivity contribution in [1.82, 2.24) is 9.47 Å². The zero-order chi connectivity index (χ0) is 32.2. The lowest BCUT2D eigenvalue weighted by molar-refractivity contribution is -0.143. The predicted molar refractivity (Wildman–Crippen MR) is 164 cm³/mol. The van der Waals surface area contributed by atoms with Gasteiger partial charge >= 0.3 is 12.1 Å². The van der Waals surface area contributed by atoms with Gasteiger partial charge in [-0.1, -0.05) is 42.5 Å². The molecular formula is C34H34FN3O6. The van der Waals surface area contributed by atoms with Gasteiger partial charge in [0.1, 0.15) is 23.3 Å². The summed E-state index contributed by atoms with van der Waals surface area (Å²) >= 11 is 0. The van der Waals surface area contributed by atoms with E-state index in [1.807, 2.05) is 6.07 Å². The molecule has 4 rings (SSSR count). The number of amides is 1. The van der Waals surface area contributed by atoms with E-state index in [9.17, 15) is 28.7 Å². The van der Waals surface area contributed by atoms with Gasteiger partial charge in [-0.2, -0.15) is 0 Å². The summed E-state index contributed by atoms with van der Waals surface area (Å²) in [5.41, 5.74) is 7.23. The van der Waals surface area contributed by atoms with Crippen molar-refractivity contribution < 1.29 is 28.6 Å². The number of nitrogen functional groups attached to an aromatic ring is 1. The largest absolute Gasteiger partial charge is 0.480 e. The SMILES string of the molecule is Cc1cc(C(=O)c2ccc(=O)n(-c3ccc(CN(C(=O)OC(C)(C)C)C(Cc4ccccc4)C(=O)O)cc3)c2N)ccc1F. The number of carbonyl (C=O) groups excluding carboxylic acids is 2. The van der Waals surface area contributed by atoms with E-state index in [1.54, 1.807) is 76.2 Å². The van der Waals surface area contributed by atoms with Gasteiger partial charge in [-0.15, -0.1) is 0 Å². The van der Waals surface area contributed by atoms with E-state index in [4.69, 9.17) is 10.5 Å². The highest BCUT2D eigenvalue weighted by molar-refractivity contribution is 6.11. The maximum Gasteiger partial charge on any atom is 0.411 e. The van der Waals surface area contributed by atoms with Crippen molar-refractivity contribution >= 4 is 23.7 Å². The number of hydrogen-bond acceptors (Lipinski definition) is 6. The van der Waals surface area contributed by atoms with E-state index in [0.717, 1.165) is 5.56 Å². The molecule has 4 aromatic rings. The van der Waals surface area contributed by atoms with Crippen molar-refractivity contribution in [1.29, 1.82) is 0 Å². The second-order valence-electron chi connectivity index (χ2n) is 11.4. The summed E-state index contributed by atoms with van der Waals surface area (Å²) in [6, 6.07) is 20.7. The molecule has 3 N–H and O–H groups in total. The van der Waals surface area contributed by atoms with Crippen LogP contribution in [0.4, 0.5) is 15.0 Å². The number of carbonyl (C=O) groups is 3. The summed E-state index contributed by atoms with van der Waals surface area (Å²) in [6.45, 7) is 6.54. The molecule has 1 aromatic heterocycles. The number of nitrogens with two attached hydrogens (primary N) is 1. The van der Waals surface area contributed by atoms with Crippen LogP contribution in [0.5, 0.6) is 0 Å². The second-order valence-corrected chi connectivity index (χ2v) is 11.4. The number of ketones is 1. The third-order valence-electron chi connectivity index (χ3n) is 6.90. The molecule has 0 saturated carbocycles.